The predicted octanol–water partition coefficient (Wildman–Crippen LogP) is 4.01. The van der Waals surface area contributed by atoms with Crippen LogP contribution in [-0.4, -0.2) is 34.6 Å². The summed E-state index contributed by atoms with van der Waals surface area (Å²) < 4.78 is 32.7. The van der Waals surface area contributed by atoms with Crippen LogP contribution >= 0.6 is 0 Å². The summed E-state index contributed by atoms with van der Waals surface area (Å²) in [4.78, 5) is 15.8. The molecule has 0 amide bonds. The van der Waals surface area contributed by atoms with Crippen molar-refractivity contribution >= 4 is 5.82 Å². The van der Waals surface area contributed by atoms with Crippen LogP contribution in [0.4, 0.5) is 14.6 Å². The quantitative estimate of drug-likeness (QED) is 0.685. The van der Waals surface area contributed by atoms with E-state index in [-0.39, 0.29) is 6.10 Å². The number of halogens is 2. The average Bonchev–Trinajstić information content (AvgIpc) is 2.72. The van der Waals surface area contributed by atoms with Crippen LogP contribution in [0, 0.1) is 25.5 Å². The molecule has 1 unspecified atom stereocenters. The van der Waals surface area contributed by atoms with Crippen LogP contribution in [0.5, 0.6) is 0 Å². The molecule has 1 atom stereocenters. The van der Waals surface area contributed by atoms with Gasteiger partial charge in [0.05, 0.1) is 6.61 Å². The van der Waals surface area contributed by atoms with E-state index >= 15 is 0 Å². The fraction of sp³-hybridized carbons (Fsp3) is 0.286. The van der Waals surface area contributed by atoms with Crippen LogP contribution in [-0.2, 0) is 4.74 Å². The van der Waals surface area contributed by atoms with Crippen LogP contribution < -0.4 is 4.90 Å². The van der Waals surface area contributed by atoms with Crippen molar-refractivity contribution in [3.63, 3.8) is 0 Å². The summed E-state index contributed by atoms with van der Waals surface area (Å²) in [6, 6.07) is 9.50. The second-order valence-electron chi connectivity index (χ2n) is 6.78. The lowest BCUT2D eigenvalue weighted by Crippen LogP contribution is -2.39. The first kappa shape index (κ1) is 18.4. The zero-order valence-electron chi connectivity index (χ0n) is 15.7. The van der Waals surface area contributed by atoms with E-state index < -0.39 is 11.6 Å². The summed E-state index contributed by atoms with van der Waals surface area (Å²) in [6.07, 6.45) is 1.35. The molecule has 0 spiro atoms. The van der Waals surface area contributed by atoms with E-state index in [1.807, 2.05) is 32.0 Å². The molecule has 4 rings (SSSR count). The molecule has 28 heavy (non-hydrogen) atoms. The molecule has 1 aromatic carbocycles. The second-order valence-corrected chi connectivity index (χ2v) is 6.78. The highest BCUT2D eigenvalue weighted by Crippen LogP contribution is 2.29. The van der Waals surface area contributed by atoms with Gasteiger partial charge in [-0.05, 0) is 43.7 Å². The van der Waals surface area contributed by atoms with Crippen molar-refractivity contribution in [2.75, 3.05) is 24.6 Å². The lowest BCUT2D eigenvalue weighted by atomic mass is 10.1. The highest BCUT2D eigenvalue weighted by molar-refractivity contribution is 5.57. The Hall–Kier alpha value is -2.93. The van der Waals surface area contributed by atoms with Gasteiger partial charge in [-0.3, -0.25) is 4.98 Å². The molecular formula is C21H20F2N4O. The number of nitrogens with zero attached hydrogens (tertiary/aromatic N) is 4. The van der Waals surface area contributed by atoms with Gasteiger partial charge in [0.25, 0.3) is 0 Å². The van der Waals surface area contributed by atoms with Gasteiger partial charge < -0.3 is 9.64 Å². The monoisotopic (exact) mass is 382 g/mol. The largest absolute Gasteiger partial charge is 0.370 e. The number of anilines is 1. The first-order valence-corrected chi connectivity index (χ1v) is 9.11. The van der Waals surface area contributed by atoms with Crippen molar-refractivity contribution < 1.29 is 13.5 Å². The molecule has 2 aromatic heterocycles. The van der Waals surface area contributed by atoms with Crippen molar-refractivity contribution in [3.8, 4) is 11.5 Å². The van der Waals surface area contributed by atoms with Gasteiger partial charge in [-0.15, -0.1) is 0 Å². The summed E-state index contributed by atoms with van der Waals surface area (Å²) >= 11 is 0. The van der Waals surface area contributed by atoms with Crippen molar-refractivity contribution in [1.29, 1.82) is 0 Å². The maximum Gasteiger partial charge on any atom is 0.180 e. The van der Waals surface area contributed by atoms with Crippen LogP contribution in [0.2, 0.25) is 0 Å². The van der Waals surface area contributed by atoms with Crippen molar-refractivity contribution in [2.24, 2.45) is 0 Å². The molecule has 3 aromatic rings. The number of ether oxygens (including phenoxy) is 1. The molecular weight excluding hydrogens is 362 g/mol. The number of hydrogen-bond acceptors (Lipinski definition) is 5. The molecule has 3 heterocycles. The Morgan fingerprint density at radius 1 is 1.07 bits per heavy atom. The third-order valence-electron chi connectivity index (χ3n) is 4.94. The molecule has 0 saturated carbocycles. The summed E-state index contributed by atoms with van der Waals surface area (Å²) in [5.41, 5.74) is 3.17. The van der Waals surface area contributed by atoms with Crippen LogP contribution in [0.3, 0.4) is 0 Å². The number of aryl methyl sites for hydroxylation is 1. The minimum atomic E-state index is -0.871. The molecule has 1 saturated heterocycles. The summed E-state index contributed by atoms with van der Waals surface area (Å²) in [6.45, 7) is 5.53. The first-order chi connectivity index (χ1) is 13.5. The normalized spacial score (nSPS) is 17.0. The van der Waals surface area contributed by atoms with E-state index in [4.69, 9.17) is 9.72 Å². The zero-order valence-corrected chi connectivity index (χ0v) is 15.7. The Kier molecular flexibility index (Phi) is 5.00. The SMILES string of the molecule is Cc1nc(-c2ccccn2)nc(N2CCOC(c3ccc(F)c(F)c3)C2)c1C. The molecule has 1 aliphatic heterocycles. The molecule has 0 radical (unpaired) electrons. The summed E-state index contributed by atoms with van der Waals surface area (Å²) in [5, 5.41) is 0. The van der Waals surface area contributed by atoms with Crippen LogP contribution in [0.1, 0.15) is 22.9 Å². The Morgan fingerprint density at radius 3 is 2.68 bits per heavy atom. The maximum absolute atomic E-state index is 13.6. The highest BCUT2D eigenvalue weighted by Gasteiger charge is 2.26. The van der Waals surface area contributed by atoms with Gasteiger partial charge in [-0.1, -0.05) is 12.1 Å². The highest BCUT2D eigenvalue weighted by atomic mass is 19.2. The zero-order chi connectivity index (χ0) is 19.7. The molecule has 0 N–H and O–H groups in total. The van der Waals surface area contributed by atoms with E-state index in [1.54, 1.807) is 12.3 Å². The van der Waals surface area contributed by atoms with Gasteiger partial charge in [-0.25, -0.2) is 18.7 Å². The molecule has 144 valence electrons. The minimum Gasteiger partial charge on any atom is -0.370 e. The average molecular weight is 382 g/mol. The molecule has 5 nitrogen and oxygen atoms in total. The van der Waals surface area contributed by atoms with Crippen molar-refractivity contribution in [1.82, 2.24) is 15.0 Å². The molecule has 0 bridgehead atoms. The minimum absolute atomic E-state index is 0.364. The lowest BCUT2D eigenvalue weighted by Gasteiger charge is -2.35. The number of pyridine rings is 1. The maximum atomic E-state index is 13.6. The van der Waals surface area contributed by atoms with Gasteiger partial charge in [0.15, 0.2) is 17.5 Å². The van der Waals surface area contributed by atoms with E-state index in [0.717, 1.165) is 23.1 Å². The molecule has 0 aliphatic carbocycles. The van der Waals surface area contributed by atoms with Gasteiger partial charge in [-0.2, -0.15) is 0 Å². The number of morpholine rings is 1. The van der Waals surface area contributed by atoms with Crippen molar-refractivity contribution in [2.45, 2.75) is 20.0 Å². The van der Waals surface area contributed by atoms with Gasteiger partial charge >= 0.3 is 0 Å². The fourth-order valence-electron chi connectivity index (χ4n) is 3.29. The van der Waals surface area contributed by atoms with Crippen LogP contribution in [0.15, 0.2) is 42.6 Å². The second kappa shape index (κ2) is 7.59. The Bertz CT molecular complexity index is 997. The Morgan fingerprint density at radius 2 is 1.93 bits per heavy atom. The van der Waals surface area contributed by atoms with E-state index in [0.29, 0.717) is 36.8 Å². The number of rotatable bonds is 3. The van der Waals surface area contributed by atoms with Gasteiger partial charge in [0, 0.05) is 30.5 Å². The summed E-state index contributed by atoms with van der Waals surface area (Å²) in [7, 11) is 0. The lowest BCUT2D eigenvalue weighted by molar-refractivity contribution is 0.0392. The summed E-state index contributed by atoms with van der Waals surface area (Å²) in [5.74, 6) is -0.359. The van der Waals surface area contributed by atoms with E-state index in [2.05, 4.69) is 14.9 Å². The van der Waals surface area contributed by atoms with Crippen LogP contribution in [0.25, 0.3) is 11.5 Å². The molecule has 1 fully saturated rings. The Labute approximate surface area is 162 Å². The topological polar surface area (TPSA) is 51.1 Å². The number of hydrogen-bond donors (Lipinski definition) is 0. The third-order valence-corrected chi connectivity index (χ3v) is 4.94. The third kappa shape index (κ3) is 3.57. The predicted molar refractivity (Wildman–Crippen MR) is 102 cm³/mol. The number of aromatic nitrogens is 3. The first-order valence-electron chi connectivity index (χ1n) is 9.11. The Balaban J connectivity index is 1.66. The van der Waals surface area contributed by atoms with E-state index in [1.165, 1.54) is 6.07 Å². The van der Waals surface area contributed by atoms with Crippen molar-refractivity contribution in [3.05, 3.63) is 71.1 Å². The van der Waals surface area contributed by atoms with Gasteiger partial charge in [0.1, 0.15) is 17.6 Å². The van der Waals surface area contributed by atoms with E-state index in [9.17, 15) is 8.78 Å². The fourth-order valence-corrected chi connectivity index (χ4v) is 3.29. The standard InChI is InChI=1S/C21H20F2N4O/c1-13-14(2)25-20(18-5-3-4-8-24-18)26-21(13)27-9-10-28-19(12-27)15-6-7-16(22)17(23)11-15/h3-8,11,19H,9-10,12H2,1-2H3. The number of benzene rings is 1. The smallest absolute Gasteiger partial charge is 0.180 e. The van der Waals surface area contributed by atoms with Gasteiger partial charge in [0.2, 0.25) is 0 Å². The molecule has 1 aliphatic rings. The molecule has 7 heteroatoms.